The molecule has 3 N–H and O–H groups in total. The monoisotopic (exact) mass is 254 g/mol. The molecule has 1 atom stereocenters. The van der Waals surface area contributed by atoms with E-state index in [1.807, 2.05) is 6.92 Å². The van der Waals surface area contributed by atoms with E-state index in [2.05, 4.69) is 5.32 Å². The van der Waals surface area contributed by atoms with Crippen molar-refractivity contribution in [3.8, 4) is 0 Å². The second kappa shape index (κ2) is 6.30. The molecule has 1 rings (SSSR count). The Morgan fingerprint density at radius 1 is 1.53 bits per heavy atom. The first-order valence-corrected chi connectivity index (χ1v) is 5.71. The lowest BCUT2D eigenvalue weighted by Gasteiger charge is -2.11. The molecule has 0 saturated heterocycles. The van der Waals surface area contributed by atoms with Gasteiger partial charge in [0.05, 0.1) is 11.4 Å². The summed E-state index contributed by atoms with van der Waals surface area (Å²) in [6.45, 7) is 2.20. The predicted octanol–water partition coefficient (Wildman–Crippen LogP) is 1.41. The fraction of sp³-hybridized carbons (Fsp3) is 0.333. The Balaban J connectivity index is 2.46. The van der Waals surface area contributed by atoms with Crippen molar-refractivity contribution in [2.24, 2.45) is 11.7 Å². The van der Waals surface area contributed by atoms with E-state index in [0.29, 0.717) is 17.1 Å². The molecule has 0 radical (unpaired) electrons. The van der Waals surface area contributed by atoms with E-state index in [9.17, 15) is 9.18 Å². The first-order valence-electron chi connectivity index (χ1n) is 5.30. The molecule has 0 spiro atoms. The van der Waals surface area contributed by atoms with Crippen LogP contribution in [-0.4, -0.2) is 17.4 Å². The summed E-state index contributed by atoms with van der Waals surface area (Å²) in [7, 11) is 0. The number of hydrogen-bond acceptors (Lipinski definition) is 2. The minimum absolute atomic E-state index is 0.0245. The predicted molar refractivity (Wildman–Crippen MR) is 69.1 cm³/mol. The van der Waals surface area contributed by atoms with E-state index in [1.54, 1.807) is 18.2 Å². The van der Waals surface area contributed by atoms with Crippen LogP contribution < -0.4 is 11.1 Å². The average molecular weight is 254 g/mol. The molecule has 0 aromatic heterocycles. The molecule has 0 fully saturated rings. The number of halogens is 1. The third-order valence-electron chi connectivity index (χ3n) is 2.40. The van der Waals surface area contributed by atoms with Gasteiger partial charge in [-0.2, -0.15) is 0 Å². The molecule has 0 saturated carbocycles. The van der Waals surface area contributed by atoms with Gasteiger partial charge in [0, 0.05) is 12.5 Å². The van der Waals surface area contributed by atoms with Gasteiger partial charge in [0.2, 0.25) is 5.91 Å². The zero-order chi connectivity index (χ0) is 12.8. The number of carbonyl (C=O) groups is 1. The third-order valence-corrected chi connectivity index (χ3v) is 2.80. The van der Waals surface area contributed by atoms with Crippen LogP contribution in [0.5, 0.6) is 0 Å². The molecule has 5 heteroatoms. The van der Waals surface area contributed by atoms with Crippen LogP contribution in [0.15, 0.2) is 24.3 Å². The Labute approximate surface area is 105 Å². The highest BCUT2D eigenvalue weighted by atomic mass is 32.1. The Morgan fingerprint density at radius 2 is 2.18 bits per heavy atom. The molecule has 1 aromatic rings. The number of hydrogen-bond donors (Lipinski definition) is 2. The van der Waals surface area contributed by atoms with Gasteiger partial charge in [-0.25, -0.2) is 4.39 Å². The summed E-state index contributed by atoms with van der Waals surface area (Å²) in [4.78, 5) is 11.9. The molecule has 0 bridgehead atoms. The zero-order valence-electron chi connectivity index (χ0n) is 9.57. The number of nitrogens with one attached hydrogen (secondary N) is 1. The highest BCUT2D eigenvalue weighted by molar-refractivity contribution is 7.80. The van der Waals surface area contributed by atoms with E-state index in [0.717, 1.165) is 0 Å². The lowest BCUT2D eigenvalue weighted by molar-refractivity contribution is -0.120. The maximum Gasteiger partial charge on any atom is 0.224 e. The molecule has 0 aliphatic heterocycles. The van der Waals surface area contributed by atoms with E-state index in [-0.39, 0.29) is 24.1 Å². The van der Waals surface area contributed by atoms with Crippen molar-refractivity contribution in [2.45, 2.75) is 13.3 Å². The zero-order valence-corrected chi connectivity index (χ0v) is 10.4. The maximum atomic E-state index is 13.3. The summed E-state index contributed by atoms with van der Waals surface area (Å²) >= 11 is 4.79. The van der Waals surface area contributed by atoms with Crippen LogP contribution in [0.1, 0.15) is 12.5 Å². The van der Waals surface area contributed by atoms with Crippen molar-refractivity contribution >= 4 is 23.1 Å². The van der Waals surface area contributed by atoms with Crippen LogP contribution in [0.4, 0.5) is 4.39 Å². The molecular formula is C12H15FN2OS. The first-order chi connectivity index (χ1) is 8.00. The third kappa shape index (κ3) is 4.48. The molecule has 0 aliphatic carbocycles. The van der Waals surface area contributed by atoms with Crippen LogP contribution in [0.25, 0.3) is 0 Å². The van der Waals surface area contributed by atoms with Gasteiger partial charge in [-0.1, -0.05) is 37.3 Å². The quantitative estimate of drug-likeness (QED) is 0.781. The second-order valence-electron chi connectivity index (χ2n) is 3.88. The number of thiocarbonyl (C=S) groups is 1. The van der Waals surface area contributed by atoms with Crippen LogP contribution in [0, 0.1) is 11.7 Å². The largest absolute Gasteiger partial charge is 0.393 e. The lowest BCUT2D eigenvalue weighted by atomic mass is 10.1. The lowest BCUT2D eigenvalue weighted by Crippen LogP contribution is -2.34. The second-order valence-corrected chi connectivity index (χ2v) is 4.35. The molecule has 3 nitrogen and oxygen atoms in total. The van der Waals surface area contributed by atoms with Gasteiger partial charge in [-0.3, -0.25) is 4.79 Å². The molecule has 1 amide bonds. The van der Waals surface area contributed by atoms with E-state index < -0.39 is 0 Å². The molecule has 0 heterocycles. The fourth-order valence-electron chi connectivity index (χ4n) is 1.24. The number of carbonyl (C=O) groups excluding carboxylic acids is 1. The minimum Gasteiger partial charge on any atom is -0.393 e. The van der Waals surface area contributed by atoms with Crippen molar-refractivity contribution in [3.05, 3.63) is 35.6 Å². The molecule has 1 unspecified atom stereocenters. The van der Waals surface area contributed by atoms with Crippen molar-refractivity contribution < 1.29 is 9.18 Å². The fourth-order valence-corrected chi connectivity index (χ4v) is 1.33. The van der Waals surface area contributed by atoms with Crippen molar-refractivity contribution in [1.82, 2.24) is 5.32 Å². The minimum atomic E-state index is -0.370. The van der Waals surface area contributed by atoms with Gasteiger partial charge in [0.1, 0.15) is 5.82 Å². The van der Waals surface area contributed by atoms with Crippen LogP contribution in [-0.2, 0) is 11.2 Å². The SMILES string of the molecule is CC(CNC(=O)Cc1ccccc1F)C(N)=S. The Bertz CT molecular complexity index is 423. The highest BCUT2D eigenvalue weighted by Crippen LogP contribution is 2.06. The smallest absolute Gasteiger partial charge is 0.224 e. The molecule has 1 aromatic carbocycles. The van der Waals surface area contributed by atoms with Crippen LogP contribution in [0.2, 0.25) is 0 Å². The van der Waals surface area contributed by atoms with Crippen molar-refractivity contribution in [3.63, 3.8) is 0 Å². The average Bonchev–Trinajstić information content (AvgIpc) is 2.29. The normalized spacial score (nSPS) is 11.9. The number of benzene rings is 1. The van der Waals surface area contributed by atoms with Gasteiger partial charge in [0.15, 0.2) is 0 Å². The standard InChI is InChI=1S/C12H15FN2OS/c1-8(12(14)17)7-15-11(16)6-9-4-2-3-5-10(9)13/h2-5,8H,6-7H2,1H3,(H2,14,17)(H,15,16). The molecule has 17 heavy (non-hydrogen) atoms. The number of amides is 1. The van der Waals surface area contributed by atoms with Gasteiger partial charge >= 0.3 is 0 Å². The molecule has 92 valence electrons. The summed E-state index contributed by atoms with van der Waals surface area (Å²) < 4.78 is 13.3. The summed E-state index contributed by atoms with van der Waals surface area (Å²) in [5, 5.41) is 2.67. The summed E-state index contributed by atoms with van der Waals surface area (Å²) in [6.07, 6.45) is 0.0245. The van der Waals surface area contributed by atoms with E-state index in [4.69, 9.17) is 18.0 Å². The van der Waals surface area contributed by atoms with Gasteiger partial charge < -0.3 is 11.1 Å². The van der Waals surface area contributed by atoms with Crippen LogP contribution >= 0.6 is 12.2 Å². The highest BCUT2D eigenvalue weighted by Gasteiger charge is 2.10. The topological polar surface area (TPSA) is 55.1 Å². The maximum absolute atomic E-state index is 13.3. The summed E-state index contributed by atoms with van der Waals surface area (Å²) in [5.41, 5.74) is 5.80. The molecule has 0 aliphatic rings. The summed E-state index contributed by atoms with van der Waals surface area (Å²) in [5.74, 6) is -0.669. The Kier molecular flexibility index (Phi) is 5.03. The van der Waals surface area contributed by atoms with Crippen molar-refractivity contribution in [2.75, 3.05) is 6.54 Å². The Hall–Kier alpha value is -1.49. The summed E-state index contributed by atoms with van der Waals surface area (Å²) in [6, 6.07) is 6.21. The van der Waals surface area contributed by atoms with E-state index >= 15 is 0 Å². The van der Waals surface area contributed by atoms with Crippen molar-refractivity contribution in [1.29, 1.82) is 0 Å². The van der Waals surface area contributed by atoms with Crippen LogP contribution in [0.3, 0.4) is 0 Å². The first kappa shape index (κ1) is 13.6. The Morgan fingerprint density at radius 3 is 2.76 bits per heavy atom. The van der Waals surface area contributed by atoms with Gasteiger partial charge in [-0.15, -0.1) is 0 Å². The number of nitrogens with two attached hydrogens (primary N) is 1. The van der Waals surface area contributed by atoms with Gasteiger partial charge in [-0.05, 0) is 11.6 Å². The van der Waals surface area contributed by atoms with E-state index in [1.165, 1.54) is 6.07 Å². The van der Waals surface area contributed by atoms with Gasteiger partial charge in [0.25, 0.3) is 0 Å². The molecular weight excluding hydrogens is 239 g/mol. The number of rotatable bonds is 5.